The average molecular weight is 377 g/mol. The van der Waals surface area contributed by atoms with Crippen LogP contribution in [0.2, 0.25) is 5.02 Å². The first-order chi connectivity index (χ1) is 12.3. The average Bonchev–Trinajstić information content (AvgIpc) is 2.62. The monoisotopic (exact) mass is 376 g/mol. The maximum atomic E-state index is 11.7. The Kier molecular flexibility index (Phi) is 6.86. The fourth-order valence-corrected chi connectivity index (χ4v) is 2.14. The summed E-state index contributed by atoms with van der Waals surface area (Å²) in [7, 11) is 0. The van der Waals surface area contributed by atoms with Crippen LogP contribution >= 0.6 is 11.6 Å². The lowest BCUT2D eigenvalue weighted by Gasteiger charge is -2.11. The highest BCUT2D eigenvalue weighted by molar-refractivity contribution is 6.31. The molecule has 0 saturated carbocycles. The fourth-order valence-electron chi connectivity index (χ4n) is 2.02. The summed E-state index contributed by atoms with van der Waals surface area (Å²) in [5, 5.41) is 0.623. The molecule has 0 aliphatic heterocycles. The van der Waals surface area contributed by atoms with Crippen LogP contribution in [0.1, 0.15) is 16.7 Å². The molecule has 2 N–H and O–H groups in total. The molecule has 26 heavy (non-hydrogen) atoms. The third-order valence-electron chi connectivity index (χ3n) is 3.69. The smallest absolute Gasteiger partial charge is 0.276 e. The highest BCUT2D eigenvalue weighted by Crippen LogP contribution is 2.20. The number of benzene rings is 2. The van der Waals surface area contributed by atoms with Crippen molar-refractivity contribution in [3.63, 3.8) is 0 Å². The Morgan fingerprint density at radius 1 is 0.808 bits per heavy atom. The summed E-state index contributed by atoms with van der Waals surface area (Å²) < 4.78 is 10.7. The third-order valence-corrected chi connectivity index (χ3v) is 4.11. The number of carbonyl (C=O) groups is 2. The van der Waals surface area contributed by atoms with Gasteiger partial charge in [0.25, 0.3) is 11.8 Å². The highest BCUT2D eigenvalue weighted by atomic mass is 35.5. The van der Waals surface area contributed by atoms with Gasteiger partial charge in [-0.15, -0.1) is 0 Å². The Balaban J connectivity index is 1.70. The molecule has 2 rings (SSSR count). The summed E-state index contributed by atoms with van der Waals surface area (Å²) in [5.41, 5.74) is 7.60. The topological polar surface area (TPSA) is 76.7 Å². The number of nitrogens with one attached hydrogen (secondary N) is 2. The molecular weight excluding hydrogens is 356 g/mol. The Morgan fingerprint density at radius 2 is 1.31 bits per heavy atom. The summed E-state index contributed by atoms with van der Waals surface area (Å²) in [6, 6.07) is 10.6. The zero-order valence-corrected chi connectivity index (χ0v) is 15.6. The van der Waals surface area contributed by atoms with Crippen molar-refractivity contribution in [2.75, 3.05) is 13.2 Å². The van der Waals surface area contributed by atoms with Gasteiger partial charge in [-0.1, -0.05) is 17.7 Å². The number of hydrogen-bond donors (Lipinski definition) is 2. The van der Waals surface area contributed by atoms with Gasteiger partial charge < -0.3 is 9.47 Å². The summed E-state index contributed by atoms with van der Waals surface area (Å²) in [6.45, 7) is 5.35. The molecule has 0 aliphatic carbocycles. The molecule has 0 atom stereocenters. The first-order valence-corrected chi connectivity index (χ1v) is 8.39. The van der Waals surface area contributed by atoms with Gasteiger partial charge in [-0.2, -0.15) is 0 Å². The van der Waals surface area contributed by atoms with Crippen molar-refractivity contribution in [3.8, 4) is 11.5 Å². The van der Waals surface area contributed by atoms with Crippen molar-refractivity contribution in [1.29, 1.82) is 0 Å². The Hall–Kier alpha value is -2.73. The minimum atomic E-state index is -0.489. The summed E-state index contributed by atoms with van der Waals surface area (Å²) >= 11 is 5.92. The van der Waals surface area contributed by atoms with Crippen LogP contribution in [0.25, 0.3) is 0 Å². The zero-order chi connectivity index (χ0) is 19.1. The molecule has 0 aromatic heterocycles. The summed E-state index contributed by atoms with van der Waals surface area (Å²) in [5.74, 6) is 0.151. The Morgan fingerprint density at radius 3 is 1.81 bits per heavy atom. The number of hydrazine groups is 1. The minimum absolute atomic E-state index is 0.208. The van der Waals surface area contributed by atoms with Gasteiger partial charge in [0.05, 0.1) is 0 Å². The van der Waals surface area contributed by atoms with Gasteiger partial charge in [0.15, 0.2) is 13.2 Å². The van der Waals surface area contributed by atoms with Crippen molar-refractivity contribution in [1.82, 2.24) is 10.9 Å². The molecule has 6 nitrogen and oxygen atoms in total. The lowest BCUT2D eigenvalue weighted by atomic mass is 10.1. The molecule has 2 aromatic rings. The second kappa shape index (κ2) is 9.10. The van der Waals surface area contributed by atoms with E-state index in [0.717, 1.165) is 16.7 Å². The van der Waals surface area contributed by atoms with Crippen molar-refractivity contribution in [3.05, 3.63) is 58.1 Å². The summed E-state index contributed by atoms with van der Waals surface area (Å²) in [6.07, 6.45) is 0. The first-order valence-electron chi connectivity index (χ1n) is 8.02. The maximum absolute atomic E-state index is 11.7. The number of ether oxygens (including phenoxy) is 2. The van der Waals surface area contributed by atoms with Gasteiger partial charge in [0.1, 0.15) is 11.5 Å². The van der Waals surface area contributed by atoms with Crippen LogP contribution in [-0.2, 0) is 9.59 Å². The van der Waals surface area contributed by atoms with Crippen molar-refractivity contribution < 1.29 is 19.1 Å². The number of hydrogen-bond acceptors (Lipinski definition) is 4. The van der Waals surface area contributed by atoms with Gasteiger partial charge in [-0.3, -0.25) is 20.4 Å². The van der Waals surface area contributed by atoms with E-state index in [-0.39, 0.29) is 13.2 Å². The zero-order valence-electron chi connectivity index (χ0n) is 14.9. The van der Waals surface area contributed by atoms with Crippen LogP contribution in [-0.4, -0.2) is 25.0 Å². The molecule has 2 amide bonds. The van der Waals surface area contributed by atoms with Crippen LogP contribution in [0, 0.1) is 20.8 Å². The molecule has 0 aliphatic rings. The molecule has 2 aromatic carbocycles. The number of halogens is 1. The van der Waals surface area contributed by atoms with Gasteiger partial charge >= 0.3 is 0 Å². The van der Waals surface area contributed by atoms with E-state index >= 15 is 0 Å². The van der Waals surface area contributed by atoms with Crippen molar-refractivity contribution >= 4 is 23.4 Å². The predicted octanol–water partition coefficient (Wildman–Crippen LogP) is 2.87. The molecule has 0 bridgehead atoms. The molecule has 0 saturated heterocycles. The molecule has 0 unspecified atom stereocenters. The van der Waals surface area contributed by atoms with E-state index in [4.69, 9.17) is 21.1 Å². The number of amides is 2. The van der Waals surface area contributed by atoms with Crippen LogP contribution in [0.4, 0.5) is 0 Å². The third kappa shape index (κ3) is 5.97. The Labute approximate surface area is 157 Å². The van der Waals surface area contributed by atoms with E-state index in [9.17, 15) is 9.59 Å². The summed E-state index contributed by atoms with van der Waals surface area (Å²) in [4.78, 5) is 23.4. The second-order valence-corrected chi connectivity index (χ2v) is 6.24. The van der Waals surface area contributed by atoms with Crippen LogP contribution < -0.4 is 20.3 Å². The second-order valence-electron chi connectivity index (χ2n) is 5.83. The van der Waals surface area contributed by atoms with Gasteiger partial charge in [0, 0.05) is 5.02 Å². The molecule has 7 heteroatoms. The standard InChI is InChI=1S/C19H21ClN2O4/c1-12-4-5-15(8-13(12)2)25-10-18(23)21-22-19(24)11-26-16-6-7-17(20)14(3)9-16/h4-9H,10-11H2,1-3H3,(H,21,23)(H,22,24). The van der Waals surface area contributed by atoms with Gasteiger partial charge in [0.2, 0.25) is 0 Å². The predicted molar refractivity (Wildman–Crippen MR) is 99.4 cm³/mol. The molecule has 0 spiro atoms. The van der Waals surface area contributed by atoms with Gasteiger partial charge in [-0.05, 0) is 67.8 Å². The van der Waals surface area contributed by atoms with Crippen LogP contribution in [0.5, 0.6) is 11.5 Å². The molecular formula is C19H21ClN2O4. The number of aryl methyl sites for hydroxylation is 3. The SMILES string of the molecule is Cc1ccc(OCC(=O)NNC(=O)COc2ccc(Cl)c(C)c2)cc1C. The quantitative estimate of drug-likeness (QED) is 0.760. The van der Waals surface area contributed by atoms with Gasteiger partial charge in [-0.25, -0.2) is 0 Å². The lowest BCUT2D eigenvalue weighted by molar-refractivity contribution is -0.131. The number of rotatable bonds is 6. The van der Waals surface area contributed by atoms with Crippen molar-refractivity contribution in [2.45, 2.75) is 20.8 Å². The van der Waals surface area contributed by atoms with E-state index in [1.165, 1.54) is 0 Å². The lowest BCUT2D eigenvalue weighted by Crippen LogP contribution is -2.45. The first kappa shape index (κ1) is 19.6. The molecule has 0 fully saturated rings. The fraction of sp³-hybridized carbons (Fsp3) is 0.263. The minimum Gasteiger partial charge on any atom is -0.484 e. The van der Waals surface area contributed by atoms with E-state index < -0.39 is 11.8 Å². The van der Waals surface area contributed by atoms with E-state index in [1.807, 2.05) is 32.9 Å². The van der Waals surface area contributed by atoms with Crippen LogP contribution in [0.3, 0.4) is 0 Å². The highest BCUT2D eigenvalue weighted by Gasteiger charge is 2.07. The number of carbonyl (C=O) groups excluding carboxylic acids is 2. The normalized spacial score (nSPS) is 10.2. The molecule has 138 valence electrons. The molecule has 0 heterocycles. The largest absolute Gasteiger partial charge is 0.484 e. The van der Waals surface area contributed by atoms with E-state index in [2.05, 4.69) is 10.9 Å². The van der Waals surface area contributed by atoms with Crippen LogP contribution in [0.15, 0.2) is 36.4 Å². The maximum Gasteiger partial charge on any atom is 0.276 e. The van der Waals surface area contributed by atoms with E-state index in [1.54, 1.807) is 24.3 Å². The van der Waals surface area contributed by atoms with Crippen molar-refractivity contribution in [2.24, 2.45) is 0 Å². The molecule has 0 radical (unpaired) electrons. The van der Waals surface area contributed by atoms with E-state index in [0.29, 0.717) is 16.5 Å². The Bertz CT molecular complexity index is 741.